The molecule has 10 nitrogen and oxygen atoms in total. The Hall–Kier alpha value is -3.04. The van der Waals surface area contributed by atoms with Crippen LogP contribution in [0.25, 0.3) is 11.1 Å². The van der Waals surface area contributed by atoms with E-state index in [4.69, 9.17) is 5.11 Å². The highest BCUT2D eigenvalue weighted by molar-refractivity contribution is 5.91. The number of carbonyl (C=O) groups is 1. The van der Waals surface area contributed by atoms with E-state index in [1.165, 1.54) is 0 Å². The third-order valence-electron chi connectivity index (χ3n) is 2.05. The Morgan fingerprint density at radius 1 is 1.28 bits per heavy atom. The summed E-state index contributed by atoms with van der Waals surface area (Å²) in [6, 6.07) is 1.58. The van der Waals surface area contributed by atoms with Crippen molar-refractivity contribution in [3.8, 4) is 0 Å². The molecule has 0 saturated heterocycles. The Labute approximate surface area is 96.8 Å². The van der Waals surface area contributed by atoms with E-state index < -0.39 is 38.7 Å². The molecule has 1 aromatic carbocycles. The first-order valence-corrected chi connectivity index (χ1v) is 4.37. The molecule has 1 N–H and O–H groups in total. The largest absolute Gasteiger partial charge is 0.474 e. The molecule has 0 aliphatic rings. The fraction of sp³-hybridized carbons (Fsp3) is 0. The number of nitro groups is 2. The van der Waals surface area contributed by atoms with Crippen LogP contribution in [0, 0.1) is 20.2 Å². The average Bonchev–Trinajstić information content (AvgIpc) is 2.70. The van der Waals surface area contributed by atoms with Crippen molar-refractivity contribution in [3.05, 3.63) is 38.3 Å². The predicted octanol–water partition coefficient (Wildman–Crippen LogP) is 1.34. The number of non-ortho nitro benzene ring substituents is 2. The van der Waals surface area contributed by atoms with E-state index in [1.54, 1.807) is 0 Å². The maximum atomic E-state index is 10.7. The lowest BCUT2D eigenvalue weighted by Gasteiger charge is -1.93. The number of aromatic carboxylic acids is 1. The molecule has 0 fully saturated rings. The summed E-state index contributed by atoms with van der Waals surface area (Å²) < 4.78 is 4.68. The zero-order valence-electron chi connectivity index (χ0n) is 8.39. The average molecular weight is 253 g/mol. The van der Waals surface area contributed by atoms with Gasteiger partial charge in [0.2, 0.25) is 5.58 Å². The summed E-state index contributed by atoms with van der Waals surface area (Å²) in [4.78, 5) is 33.6. The minimum absolute atomic E-state index is 0.256. The Morgan fingerprint density at radius 3 is 2.44 bits per heavy atom. The van der Waals surface area contributed by atoms with Crippen LogP contribution in [0.3, 0.4) is 0 Å². The molecule has 0 bridgehead atoms. The highest BCUT2D eigenvalue weighted by Gasteiger charge is 2.25. The fourth-order valence-electron chi connectivity index (χ4n) is 1.33. The van der Waals surface area contributed by atoms with Crippen LogP contribution in [0.15, 0.2) is 16.5 Å². The van der Waals surface area contributed by atoms with Crippen molar-refractivity contribution in [2.24, 2.45) is 0 Å². The summed E-state index contributed by atoms with van der Waals surface area (Å²) in [6.45, 7) is 0. The van der Waals surface area contributed by atoms with Crippen LogP contribution in [0.2, 0.25) is 0 Å². The second kappa shape index (κ2) is 3.76. The number of aromatic nitrogens is 1. The highest BCUT2D eigenvalue weighted by Crippen LogP contribution is 2.31. The molecule has 0 unspecified atom stereocenters. The maximum Gasteiger partial charge on any atom is 0.392 e. The summed E-state index contributed by atoms with van der Waals surface area (Å²) in [5.41, 5.74) is -1.95. The van der Waals surface area contributed by atoms with E-state index in [9.17, 15) is 25.0 Å². The minimum Gasteiger partial charge on any atom is -0.474 e. The van der Waals surface area contributed by atoms with E-state index in [-0.39, 0.29) is 5.52 Å². The third kappa shape index (κ3) is 1.71. The zero-order chi connectivity index (χ0) is 13.4. The number of fused-ring (bicyclic) bond motifs is 1. The number of hydrogen-bond donors (Lipinski definition) is 1. The molecular formula is C8H3N3O7. The summed E-state index contributed by atoms with van der Waals surface area (Å²) in [6.07, 6.45) is 0. The summed E-state index contributed by atoms with van der Waals surface area (Å²) >= 11 is 0. The van der Waals surface area contributed by atoms with Gasteiger partial charge in [-0.25, -0.2) is 9.78 Å². The first-order valence-electron chi connectivity index (χ1n) is 4.37. The lowest BCUT2D eigenvalue weighted by molar-refractivity contribution is -0.393. The smallest absolute Gasteiger partial charge is 0.392 e. The van der Waals surface area contributed by atoms with E-state index in [2.05, 4.69) is 9.40 Å². The summed E-state index contributed by atoms with van der Waals surface area (Å²) in [7, 11) is 0. The second-order valence-corrected chi connectivity index (χ2v) is 3.15. The standard InChI is InChI=1S/C8H3N3O7/c12-8(13)7-9-4-1-3(10(14)15)2-5(11(16)17)6(4)18-7/h1-2H,(H,12,13). The van der Waals surface area contributed by atoms with Crippen molar-refractivity contribution in [2.75, 3.05) is 0 Å². The quantitative estimate of drug-likeness (QED) is 0.635. The molecule has 0 aliphatic carbocycles. The molecule has 1 heterocycles. The van der Waals surface area contributed by atoms with Gasteiger partial charge in [-0.3, -0.25) is 20.2 Å². The van der Waals surface area contributed by atoms with Gasteiger partial charge >= 0.3 is 17.5 Å². The van der Waals surface area contributed by atoms with E-state index in [0.717, 1.165) is 6.07 Å². The van der Waals surface area contributed by atoms with Crippen LogP contribution >= 0.6 is 0 Å². The lowest BCUT2D eigenvalue weighted by Crippen LogP contribution is -1.94. The van der Waals surface area contributed by atoms with Crippen molar-refractivity contribution < 1.29 is 24.2 Å². The van der Waals surface area contributed by atoms with Crippen LogP contribution in [0.1, 0.15) is 10.7 Å². The van der Waals surface area contributed by atoms with Gasteiger partial charge < -0.3 is 9.52 Å². The molecule has 0 amide bonds. The monoisotopic (exact) mass is 253 g/mol. The molecule has 1 aromatic heterocycles. The number of oxazole rings is 1. The first kappa shape index (κ1) is 11.4. The van der Waals surface area contributed by atoms with E-state index >= 15 is 0 Å². The van der Waals surface area contributed by atoms with Crippen LogP contribution < -0.4 is 0 Å². The molecule has 0 atom stereocenters. The number of nitrogens with zero attached hydrogens (tertiary/aromatic N) is 3. The van der Waals surface area contributed by atoms with Gasteiger partial charge in [-0.1, -0.05) is 0 Å². The van der Waals surface area contributed by atoms with Crippen molar-refractivity contribution in [3.63, 3.8) is 0 Å². The van der Waals surface area contributed by atoms with Gasteiger partial charge in [0.05, 0.1) is 15.9 Å². The van der Waals surface area contributed by atoms with Crippen LogP contribution in [0.5, 0.6) is 0 Å². The number of rotatable bonds is 3. The first-order chi connectivity index (χ1) is 8.40. The Morgan fingerprint density at radius 2 is 1.94 bits per heavy atom. The number of carboxylic acid groups (broad SMARTS) is 1. The molecule has 18 heavy (non-hydrogen) atoms. The fourth-order valence-corrected chi connectivity index (χ4v) is 1.33. The highest BCUT2D eigenvalue weighted by atomic mass is 16.6. The number of nitro benzene ring substituents is 2. The molecule has 0 spiro atoms. The van der Waals surface area contributed by atoms with Crippen LogP contribution in [-0.4, -0.2) is 25.9 Å². The molecule has 0 aliphatic heterocycles. The van der Waals surface area contributed by atoms with Gasteiger partial charge in [0.1, 0.15) is 5.52 Å². The van der Waals surface area contributed by atoms with Gasteiger partial charge in [-0.2, -0.15) is 0 Å². The molecule has 2 rings (SSSR count). The zero-order valence-corrected chi connectivity index (χ0v) is 8.39. The van der Waals surface area contributed by atoms with Crippen LogP contribution in [0.4, 0.5) is 11.4 Å². The van der Waals surface area contributed by atoms with E-state index in [0.29, 0.717) is 6.07 Å². The summed E-state index contributed by atoms with van der Waals surface area (Å²) in [5.74, 6) is -2.29. The molecule has 92 valence electrons. The minimum atomic E-state index is -1.52. The Balaban J connectivity index is 2.81. The van der Waals surface area contributed by atoms with Gasteiger partial charge in [-0.15, -0.1) is 0 Å². The normalized spacial score (nSPS) is 10.4. The van der Waals surface area contributed by atoms with Gasteiger partial charge in [0.15, 0.2) is 0 Å². The molecular weight excluding hydrogens is 250 g/mol. The molecule has 0 saturated carbocycles. The van der Waals surface area contributed by atoms with Gasteiger partial charge in [0, 0.05) is 6.07 Å². The van der Waals surface area contributed by atoms with Crippen molar-refractivity contribution in [2.45, 2.75) is 0 Å². The molecule has 2 aromatic rings. The molecule has 0 radical (unpaired) electrons. The number of hydrogen-bond acceptors (Lipinski definition) is 7. The maximum absolute atomic E-state index is 10.7. The predicted molar refractivity (Wildman–Crippen MR) is 54.3 cm³/mol. The Kier molecular flexibility index (Phi) is 2.39. The van der Waals surface area contributed by atoms with Crippen LogP contribution in [-0.2, 0) is 0 Å². The third-order valence-corrected chi connectivity index (χ3v) is 2.05. The SMILES string of the molecule is O=C(O)c1nc2cc([N+](=O)[O-])cc([N+](=O)[O-])c2o1. The van der Waals surface area contributed by atoms with Gasteiger partial charge in [0.25, 0.3) is 5.69 Å². The van der Waals surface area contributed by atoms with Crippen molar-refractivity contribution in [1.82, 2.24) is 4.98 Å². The molecule has 10 heteroatoms. The van der Waals surface area contributed by atoms with Crippen molar-refractivity contribution in [1.29, 1.82) is 0 Å². The number of carboxylic acids is 1. The second-order valence-electron chi connectivity index (χ2n) is 3.15. The lowest BCUT2D eigenvalue weighted by atomic mass is 10.2. The van der Waals surface area contributed by atoms with Crippen molar-refractivity contribution >= 4 is 28.4 Å². The topological polar surface area (TPSA) is 150 Å². The Bertz CT molecular complexity index is 689. The summed E-state index contributed by atoms with van der Waals surface area (Å²) in [5, 5.41) is 29.9. The van der Waals surface area contributed by atoms with Gasteiger partial charge in [-0.05, 0) is 0 Å². The van der Waals surface area contributed by atoms with E-state index in [1.807, 2.05) is 0 Å². The number of benzene rings is 1.